The van der Waals surface area contributed by atoms with E-state index in [-0.39, 0.29) is 17.1 Å². The van der Waals surface area contributed by atoms with Gasteiger partial charge in [0.1, 0.15) is 12.2 Å². The SMILES string of the molecule is Cc1cc(=O)c(C(=O)NCC(F)(F)F)nn1-c1ccccc1[N+](=O)[O-]. The second-order valence-electron chi connectivity index (χ2n) is 4.95. The molecule has 1 N–H and O–H groups in total. The molecule has 1 amide bonds. The number of halogens is 3. The molecule has 0 saturated heterocycles. The third-order valence-electron chi connectivity index (χ3n) is 3.08. The van der Waals surface area contributed by atoms with Crippen molar-refractivity contribution in [2.24, 2.45) is 0 Å². The van der Waals surface area contributed by atoms with E-state index in [0.717, 1.165) is 10.7 Å². The van der Waals surface area contributed by atoms with Crippen molar-refractivity contribution < 1.29 is 22.9 Å². The fourth-order valence-electron chi connectivity index (χ4n) is 2.01. The highest BCUT2D eigenvalue weighted by Crippen LogP contribution is 2.22. The predicted octanol–water partition coefficient (Wildman–Crippen LogP) is 1.74. The molecule has 0 atom stereocenters. The summed E-state index contributed by atoms with van der Waals surface area (Å²) >= 11 is 0. The molecular formula is C14H11F3N4O4. The first-order valence-corrected chi connectivity index (χ1v) is 6.80. The van der Waals surface area contributed by atoms with Gasteiger partial charge in [-0.05, 0) is 13.0 Å². The molecule has 25 heavy (non-hydrogen) atoms. The van der Waals surface area contributed by atoms with Gasteiger partial charge in [0.15, 0.2) is 5.69 Å². The molecule has 0 aliphatic rings. The maximum absolute atomic E-state index is 12.2. The largest absolute Gasteiger partial charge is 0.405 e. The molecule has 0 saturated carbocycles. The van der Waals surface area contributed by atoms with E-state index in [4.69, 9.17) is 0 Å². The number of nitro groups is 1. The summed E-state index contributed by atoms with van der Waals surface area (Å²) in [6.45, 7) is -0.213. The Morgan fingerprint density at radius 3 is 2.60 bits per heavy atom. The molecule has 0 bridgehead atoms. The Hall–Kier alpha value is -3.24. The number of rotatable bonds is 4. The number of hydrogen-bond donors (Lipinski definition) is 1. The second kappa shape index (κ2) is 6.71. The van der Waals surface area contributed by atoms with Crippen LogP contribution in [0, 0.1) is 17.0 Å². The molecule has 2 aromatic rings. The van der Waals surface area contributed by atoms with Gasteiger partial charge in [-0.25, -0.2) is 4.68 Å². The number of nitro benzene ring substituents is 1. The van der Waals surface area contributed by atoms with Crippen LogP contribution in [0.2, 0.25) is 0 Å². The summed E-state index contributed by atoms with van der Waals surface area (Å²) in [5, 5.41) is 16.4. The summed E-state index contributed by atoms with van der Waals surface area (Å²) in [6, 6.07) is 6.38. The van der Waals surface area contributed by atoms with E-state index in [1.807, 2.05) is 0 Å². The van der Waals surface area contributed by atoms with Crippen LogP contribution in [0.25, 0.3) is 5.69 Å². The highest BCUT2D eigenvalue weighted by atomic mass is 19.4. The number of amides is 1. The van der Waals surface area contributed by atoms with Crippen molar-refractivity contribution >= 4 is 11.6 Å². The van der Waals surface area contributed by atoms with Crippen LogP contribution in [0.5, 0.6) is 0 Å². The summed E-state index contributed by atoms with van der Waals surface area (Å²) in [6.07, 6.45) is -4.66. The molecule has 1 heterocycles. The molecule has 1 aromatic carbocycles. The van der Waals surface area contributed by atoms with Gasteiger partial charge < -0.3 is 5.32 Å². The van der Waals surface area contributed by atoms with E-state index in [1.54, 1.807) is 5.32 Å². The standard InChI is InChI=1S/C14H11F3N4O4/c1-8-6-11(22)12(13(23)18-7-14(15,16)17)19-20(8)9-4-2-3-5-10(9)21(24)25/h2-6H,7H2,1H3,(H,18,23). The minimum absolute atomic E-state index is 0.0325. The monoisotopic (exact) mass is 356 g/mol. The van der Waals surface area contributed by atoms with Crippen LogP contribution in [-0.4, -0.2) is 33.3 Å². The van der Waals surface area contributed by atoms with Crippen LogP contribution in [0.3, 0.4) is 0 Å². The molecule has 0 aliphatic carbocycles. The van der Waals surface area contributed by atoms with Gasteiger partial charge in [0.25, 0.3) is 11.6 Å². The number of aryl methyl sites for hydroxylation is 1. The number of carbonyl (C=O) groups is 1. The van der Waals surface area contributed by atoms with E-state index in [9.17, 15) is 32.9 Å². The van der Waals surface area contributed by atoms with E-state index in [0.29, 0.717) is 0 Å². The number of aromatic nitrogens is 2. The molecule has 2 rings (SSSR count). The number of benzene rings is 1. The molecule has 0 fully saturated rings. The lowest BCUT2D eigenvalue weighted by Gasteiger charge is -2.12. The molecule has 132 valence electrons. The van der Waals surface area contributed by atoms with Crippen molar-refractivity contribution in [1.82, 2.24) is 15.1 Å². The van der Waals surface area contributed by atoms with Crippen LogP contribution in [0.1, 0.15) is 16.2 Å². The highest BCUT2D eigenvalue weighted by molar-refractivity contribution is 5.92. The molecular weight excluding hydrogens is 345 g/mol. The average Bonchev–Trinajstić information content (AvgIpc) is 2.52. The maximum atomic E-state index is 12.2. The minimum atomic E-state index is -4.66. The quantitative estimate of drug-likeness (QED) is 0.663. The van der Waals surface area contributed by atoms with Crippen molar-refractivity contribution in [3.8, 4) is 5.69 Å². The summed E-state index contributed by atoms with van der Waals surface area (Å²) < 4.78 is 37.5. The van der Waals surface area contributed by atoms with Crippen LogP contribution in [0.15, 0.2) is 35.1 Å². The first-order chi connectivity index (χ1) is 11.6. The highest BCUT2D eigenvalue weighted by Gasteiger charge is 2.29. The lowest BCUT2D eigenvalue weighted by molar-refractivity contribution is -0.384. The Balaban J connectivity index is 2.51. The number of nitrogens with zero attached hydrogens (tertiary/aromatic N) is 3. The number of nitrogens with one attached hydrogen (secondary N) is 1. The van der Waals surface area contributed by atoms with Crippen molar-refractivity contribution in [3.05, 3.63) is 62.1 Å². The molecule has 1 aromatic heterocycles. The van der Waals surface area contributed by atoms with Gasteiger partial charge in [0.05, 0.1) is 4.92 Å². The van der Waals surface area contributed by atoms with E-state index in [2.05, 4.69) is 5.10 Å². The summed E-state index contributed by atoms with van der Waals surface area (Å²) in [5.74, 6) is -1.32. The average molecular weight is 356 g/mol. The fourth-order valence-corrected chi connectivity index (χ4v) is 2.01. The third-order valence-corrected chi connectivity index (χ3v) is 3.08. The van der Waals surface area contributed by atoms with E-state index in [1.165, 1.54) is 31.2 Å². The molecule has 0 spiro atoms. The summed E-state index contributed by atoms with van der Waals surface area (Å²) in [7, 11) is 0. The minimum Gasteiger partial charge on any atom is -0.341 e. The van der Waals surface area contributed by atoms with Gasteiger partial charge in [-0.2, -0.15) is 18.3 Å². The van der Waals surface area contributed by atoms with Gasteiger partial charge in [0.2, 0.25) is 5.43 Å². The Morgan fingerprint density at radius 1 is 1.36 bits per heavy atom. The lowest BCUT2D eigenvalue weighted by atomic mass is 10.2. The molecule has 0 aliphatic heterocycles. The van der Waals surface area contributed by atoms with Crippen LogP contribution >= 0.6 is 0 Å². The Morgan fingerprint density at radius 2 is 2.00 bits per heavy atom. The topological polar surface area (TPSA) is 107 Å². The maximum Gasteiger partial charge on any atom is 0.405 e. The molecule has 0 unspecified atom stereocenters. The van der Waals surface area contributed by atoms with Gasteiger partial charge in [-0.1, -0.05) is 12.1 Å². The van der Waals surface area contributed by atoms with E-state index >= 15 is 0 Å². The molecule has 0 radical (unpaired) electrons. The van der Waals surface area contributed by atoms with Crippen LogP contribution in [0.4, 0.5) is 18.9 Å². The summed E-state index contributed by atoms with van der Waals surface area (Å²) in [5.41, 5.74) is -1.90. The molecule has 8 nitrogen and oxygen atoms in total. The molecule has 11 heteroatoms. The van der Waals surface area contributed by atoms with Gasteiger partial charge >= 0.3 is 6.18 Å². The Labute approximate surface area is 138 Å². The number of alkyl halides is 3. The van der Waals surface area contributed by atoms with Gasteiger partial charge in [-0.15, -0.1) is 0 Å². The predicted molar refractivity (Wildman–Crippen MR) is 79.6 cm³/mol. The van der Waals surface area contributed by atoms with Crippen LogP contribution in [-0.2, 0) is 0 Å². The lowest BCUT2D eigenvalue weighted by Crippen LogP contribution is -2.37. The normalized spacial score (nSPS) is 11.2. The van der Waals surface area contributed by atoms with Crippen LogP contribution < -0.4 is 10.7 Å². The smallest absolute Gasteiger partial charge is 0.341 e. The second-order valence-corrected chi connectivity index (χ2v) is 4.95. The van der Waals surface area contributed by atoms with Gasteiger partial charge in [0, 0.05) is 17.8 Å². The first-order valence-electron chi connectivity index (χ1n) is 6.80. The van der Waals surface area contributed by atoms with Crippen molar-refractivity contribution in [1.29, 1.82) is 0 Å². The fraction of sp³-hybridized carbons (Fsp3) is 0.214. The number of hydrogen-bond acceptors (Lipinski definition) is 5. The van der Waals surface area contributed by atoms with E-state index < -0.39 is 34.7 Å². The Kier molecular flexibility index (Phi) is 4.86. The van der Waals surface area contributed by atoms with Gasteiger partial charge in [-0.3, -0.25) is 19.7 Å². The zero-order valence-corrected chi connectivity index (χ0v) is 12.7. The van der Waals surface area contributed by atoms with Crippen molar-refractivity contribution in [2.75, 3.05) is 6.54 Å². The third kappa shape index (κ3) is 4.19. The number of carbonyl (C=O) groups excluding carboxylic acids is 1. The van der Waals surface area contributed by atoms with Crippen molar-refractivity contribution in [2.45, 2.75) is 13.1 Å². The number of para-hydroxylation sites is 2. The van der Waals surface area contributed by atoms with Crippen molar-refractivity contribution in [3.63, 3.8) is 0 Å². The zero-order chi connectivity index (χ0) is 18.8. The zero-order valence-electron chi connectivity index (χ0n) is 12.7. The summed E-state index contributed by atoms with van der Waals surface area (Å²) in [4.78, 5) is 34.1. The first kappa shape index (κ1) is 18.1. The Bertz CT molecular complexity index is 892.